The van der Waals surface area contributed by atoms with Gasteiger partial charge in [-0.15, -0.1) is 11.3 Å². The zero-order chi connectivity index (χ0) is 21.1. The Bertz CT molecular complexity index is 1210. The summed E-state index contributed by atoms with van der Waals surface area (Å²) in [5.41, 5.74) is 1.25. The molecule has 2 amide bonds. The molecule has 0 fully saturated rings. The molecule has 0 saturated carbocycles. The molecule has 3 aromatic carbocycles. The van der Waals surface area contributed by atoms with Gasteiger partial charge in [0.05, 0.1) is 5.02 Å². The molecule has 0 aliphatic carbocycles. The van der Waals surface area contributed by atoms with E-state index in [0.29, 0.717) is 21.3 Å². The van der Waals surface area contributed by atoms with E-state index in [-0.39, 0.29) is 15.8 Å². The summed E-state index contributed by atoms with van der Waals surface area (Å²) in [5, 5.41) is 6.41. The average Bonchev–Trinajstić information content (AvgIpc) is 3.08. The fraction of sp³-hybridized carbons (Fsp3) is 0.0435. The number of benzene rings is 3. The van der Waals surface area contributed by atoms with Gasteiger partial charge in [0.25, 0.3) is 11.8 Å². The van der Waals surface area contributed by atoms with Crippen molar-refractivity contribution in [2.24, 2.45) is 0 Å². The minimum atomic E-state index is -0.933. The zero-order valence-electron chi connectivity index (χ0n) is 15.6. The van der Waals surface area contributed by atoms with Crippen LogP contribution in [0.25, 0.3) is 10.1 Å². The molecular formula is C23H16ClFN2O2S. The van der Waals surface area contributed by atoms with E-state index < -0.39 is 17.8 Å². The molecule has 0 aliphatic heterocycles. The number of thiophene rings is 1. The number of carbonyl (C=O) groups excluding carboxylic acids is 2. The second kappa shape index (κ2) is 8.65. The van der Waals surface area contributed by atoms with E-state index in [2.05, 4.69) is 10.6 Å². The number of para-hydroxylation sites is 1. The molecule has 1 atom stereocenters. The summed E-state index contributed by atoms with van der Waals surface area (Å²) in [6.07, 6.45) is 0. The molecular weight excluding hydrogens is 423 g/mol. The highest BCUT2D eigenvalue weighted by molar-refractivity contribution is 7.21. The molecule has 0 radical (unpaired) electrons. The largest absolute Gasteiger partial charge is 0.336 e. The molecule has 2 N–H and O–H groups in total. The molecule has 1 heterocycles. The maximum absolute atomic E-state index is 13.5. The first-order valence-corrected chi connectivity index (χ1v) is 10.3. The van der Waals surface area contributed by atoms with Crippen LogP contribution in [0.15, 0.2) is 78.9 Å². The maximum Gasteiger partial charge on any atom is 0.263 e. The first kappa shape index (κ1) is 20.1. The van der Waals surface area contributed by atoms with Gasteiger partial charge in [0.15, 0.2) is 0 Å². The molecule has 4 rings (SSSR count). The van der Waals surface area contributed by atoms with Crippen LogP contribution in [-0.4, -0.2) is 11.8 Å². The van der Waals surface area contributed by atoms with Crippen LogP contribution in [0.4, 0.5) is 10.1 Å². The Morgan fingerprint density at radius 3 is 2.30 bits per heavy atom. The summed E-state index contributed by atoms with van der Waals surface area (Å²) in [6.45, 7) is 0. The molecule has 0 saturated heterocycles. The third-order valence-corrected chi connectivity index (χ3v) is 6.17. The number of halogens is 2. The van der Waals surface area contributed by atoms with Crippen molar-refractivity contribution in [2.75, 3.05) is 5.32 Å². The summed E-state index contributed by atoms with van der Waals surface area (Å²) in [4.78, 5) is 26.2. The summed E-state index contributed by atoms with van der Waals surface area (Å²) < 4.78 is 14.1. The predicted octanol–water partition coefficient (Wildman–Crippen LogP) is 5.80. The Labute approximate surface area is 181 Å². The second-order valence-corrected chi connectivity index (χ2v) is 7.99. The van der Waals surface area contributed by atoms with Crippen LogP contribution in [0.5, 0.6) is 0 Å². The highest BCUT2D eigenvalue weighted by Crippen LogP contribution is 2.36. The normalized spacial score (nSPS) is 11.8. The first-order valence-electron chi connectivity index (χ1n) is 9.12. The third-order valence-electron chi connectivity index (χ3n) is 4.51. The van der Waals surface area contributed by atoms with E-state index in [4.69, 9.17) is 11.6 Å². The van der Waals surface area contributed by atoms with Crippen LogP contribution < -0.4 is 10.6 Å². The van der Waals surface area contributed by atoms with Gasteiger partial charge in [0, 0.05) is 15.8 Å². The Balaban J connectivity index is 1.64. The van der Waals surface area contributed by atoms with E-state index in [1.807, 2.05) is 24.3 Å². The monoisotopic (exact) mass is 438 g/mol. The Kier molecular flexibility index (Phi) is 5.79. The SMILES string of the molecule is O=C(NC(C(=O)Nc1ccccc1)c1ccccc1)c1sc2cc(F)ccc2c1Cl. The average molecular weight is 439 g/mol. The standard InChI is InChI=1S/C23H16ClFN2O2S/c24-19-17-12-11-15(25)13-18(17)30-21(19)23(29)27-20(14-7-3-1-4-8-14)22(28)26-16-9-5-2-6-10-16/h1-13,20H,(H,26,28)(H,27,29). The van der Waals surface area contributed by atoms with Gasteiger partial charge >= 0.3 is 0 Å². The quantitative estimate of drug-likeness (QED) is 0.413. The number of rotatable bonds is 5. The summed E-state index contributed by atoms with van der Waals surface area (Å²) >= 11 is 7.45. The van der Waals surface area contributed by atoms with Gasteiger partial charge in [-0.3, -0.25) is 9.59 Å². The molecule has 4 aromatic rings. The fourth-order valence-electron chi connectivity index (χ4n) is 3.06. The van der Waals surface area contributed by atoms with Crippen LogP contribution in [0.3, 0.4) is 0 Å². The lowest BCUT2D eigenvalue weighted by atomic mass is 10.1. The molecule has 4 nitrogen and oxygen atoms in total. The van der Waals surface area contributed by atoms with E-state index in [1.54, 1.807) is 36.4 Å². The summed E-state index contributed by atoms with van der Waals surface area (Å²) in [6, 6.07) is 21.2. The van der Waals surface area contributed by atoms with Gasteiger partial charge in [-0.25, -0.2) is 4.39 Å². The third kappa shape index (κ3) is 4.20. The van der Waals surface area contributed by atoms with Gasteiger partial charge in [0.1, 0.15) is 16.7 Å². The van der Waals surface area contributed by atoms with Gasteiger partial charge in [-0.1, -0.05) is 60.1 Å². The molecule has 0 bridgehead atoms. The fourth-order valence-corrected chi connectivity index (χ4v) is 4.51. The Hall–Kier alpha value is -3.22. The van der Waals surface area contributed by atoms with Crippen LogP contribution in [0.1, 0.15) is 21.3 Å². The lowest BCUT2D eigenvalue weighted by molar-refractivity contribution is -0.118. The highest BCUT2D eigenvalue weighted by Gasteiger charge is 2.26. The van der Waals surface area contributed by atoms with Crippen LogP contribution in [0, 0.1) is 5.82 Å². The van der Waals surface area contributed by atoms with E-state index in [9.17, 15) is 14.0 Å². The van der Waals surface area contributed by atoms with Crippen molar-refractivity contribution in [3.05, 3.63) is 100 Å². The maximum atomic E-state index is 13.5. The minimum absolute atomic E-state index is 0.228. The zero-order valence-corrected chi connectivity index (χ0v) is 17.1. The number of hydrogen-bond donors (Lipinski definition) is 2. The lowest BCUT2D eigenvalue weighted by Gasteiger charge is -2.19. The highest BCUT2D eigenvalue weighted by atomic mass is 35.5. The van der Waals surface area contributed by atoms with Crippen molar-refractivity contribution in [1.82, 2.24) is 5.32 Å². The van der Waals surface area contributed by atoms with Crippen molar-refractivity contribution in [1.29, 1.82) is 0 Å². The summed E-state index contributed by atoms with van der Waals surface area (Å²) in [5.74, 6) is -1.29. The van der Waals surface area contributed by atoms with Crippen molar-refractivity contribution < 1.29 is 14.0 Å². The van der Waals surface area contributed by atoms with Crippen molar-refractivity contribution in [2.45, 2.75) is 6.04 Å². The van der Waals surface area contributed by atoms with Crippen molar-refractivity contribution in [3.63, 3.8) is 0 Å². The molecule has 0 aliphatic rings. The molecule has 30 heavy (non-hydrogen) atoms. The number of fused-ring (bicyclic) bond motifs is 1. The van der Waals surface area contributed by atoms with Crippen LogP contribution in [0.2, 0.25) is 5.02 Å². The van der Waals surface area contributed by atoms with Crippen molar-refractivity contribution in [3.8, 4) is 0 Å². The Morgan fingerprint density at radius 1 is 0.933 bits per heavy atom. The van der Waals surface area contributed by atoms with Gasteiger partial charge < -0.3 is 10.6 Å². The molecule has 7 heteroatoms. The van der Waals surface area contributed by atoms with Crippen molar-refractivity contribution >= 4 is 50.5 Å². The minimum Gasteiger partial charge on any atom is -0.336 e. The molecule has 1 aromatic heterocycles. The number of nitrogens with one attached hydrogen (secondary N) is 2. The van der Waals surface area contributed by atoms with E-state index >= 15 is 0 Å². The number of hydrogen-bond acceptors (Lipinski definition) is 3. The molecule has 150 valence electrons. The Morgan fingerprint density at radius 2 is 1.60 bits per heavy atom. The molecule has 0 spiro atoms. The predicted molar refractivity (Wildman–Crippen MR) is 119 cm³/mol. The van der Waals surface area contributed by atoms with Gasteiger partial charge in [0.2, 0.25) is 0 Å². The second-order valence-electron chi connectivity index (χ2n) is 6.56. The molecule has 1 unspecified atom stereocenters. The van der Waals surface area contributed by atoms with E-state index in [1.165, 1.54) is 18.2 Å². The first-order chi connectivity index (χ1) is 14.5. The number of anilines is 1. The smallest absolute Gasteiger partial charge is 0.263 e. The van der Waals surface area contributed by atoms with E-state index in [0.717, 1.165) is 11.3 Å². The topological polar surface area (TPSA) is 58.2 Å². The van der Waals surface area contributed by atoms with Gasteiger partial charge in [-0.2, -0.15) is 0 Å². The van der Waals surface area contributed by atoms with Crippen LogP contribution >= 0.6 is 22.9 Å². The van der Waals surface area contributed by atoms with Gasteiger partial charge in [-0.05, 0) is 35.9 Å². The number of carbonyl (C=O) groups is 2. The number of amides is 2. The van der Waals surface area contributed by atoms with Crippen LogP contribution in [-0.2, 0) is 4.79 Å². The lowest BCUT2D eigenvalue weighted by Crippen LogP contribution is -2.36. The summed E-state index contributed by atoms with van der Waals surface area (Å²) in [7, 11) is 0.